The van der Waals surface area contributed by atoms with Gasteiger partial charge in [-0.05, 0) is 0 Å². The molecule has 0 aromatic heterocycles. The van der Waals surface area contributed by atoms with Crippen LogP contribution in [-0.4, -0.2) is 31.7 Å². The summed E-state index contributed by atoms with van der Waals surface area (Å²) < 4.78 is 67.0. The maximum atomic E-state index is 12.7. The fourth-order valence-electron chi connectivity index (χ4n) is 1.12. The molecule has 0 N–H and O–H groups in total. The van der Waals surface area contributed by atoms with E-state index in [2.05, 4.69) is 4.74 Å². The summed E-state index contributed by atoms with van der Waals surface area (Å²) >= 11 is 0. The van der Waals surface area contributed by atoms with Gasteiger partial charge < -0.3 is 4.74 Å². The highest BCUT2D eigenvalue weighted by molar-refractivity contribution is 5.19. The molecule has 1 nitrogen and oxygen atoms in total. The van der Waals surface area contributed by atoms with E-state index < -0.39 is 36.3 Å². The van der Waals surface area contributed by atoms with E-state index in [1.807, 2.05) is 0 Å². The Bertz CT molecular complexity index is 229. The fourth-order valence-corrected chi connectivity index (χ4v) is 1.12. The Morgan fingerprint density at radius 1 is 1.00 bits per heavy atom. The lowest BCUT2D eigenvalue weighted by atomic mass is 9.97. The van der Waals surface area contributed by atoms with Gasteiger partial charge in [0.05, 0.1) is 0 Å². The van der Waals surface area contributed by atoms with Crippen LogP contribution in [0.5, 0.6) is 0 Å². The van der Waals surface area contributed by atoms with Crippen molar-refractivity contribution in [2.24, 2.45) is 0 Å². The molecule has 76 valence electrons. The van der Waals surface area contributed by atoms with Gasteiger partial charge in [0.2, 0.25) is 0 Å². The number of rotatable bonds is 1. The van der Waals surface area contributed by atoms with Gasteiger partial charge in [0.1, 0.15) is 6.10 Å². The van der Waals surface area contributed by atoms with Crippen molar-refractivity contribution in [1.82, 2.24) is 0 Å². The predicted octanol–water partition coefficient (Wildman–Crippen LogP) is 2.18. The summed E-state index contributed by atoms with van der Waals surface area (Å²) in [6.07, 6.45) is -9.79. The number of ether oxygens (including phenoxy) is 1. The topological polar surface area (TPSA) is 9.23 Å². The molecule has 0 spiro atoms. The summed E-state index contributed by atoms with van der Waals surface area (Å²) in [5, 5.41) is 0. The number of allylic oxidation sites excluding steroid dienone is 1. The van der Waals surface area contributed by atoms with Crippen LogP contribution in [0.2, 0.25) is 0 Å². The highest BCUT2D eigenvalue weighted by Gasteiger charge is 2.47. The van der Waals surface area contributed by atoms with Crippen LogP contribution in [0.25, 0.3) is 0 Å². The first-order valence-corrected chi connectivity index (χ1v) is 3.50. The number of alkyl halides is 3. The van der Waals surface area contributed by atoms with Crippen molar-refractivity contribution in [2.75, 3.05) is 7.11 Å². The number of methoxy groups -OCH3 is 1. The van der Waals surface area contributed by atoms with E-state index in [-0.39, 0.29) is 0 Å². The van der Waals surface area contributed by atoms with Crippen molar-refractivity contribution in [1.29, 1.82) is 0 Å². The molecule has 1 aliphatic carbocycles. The Kier molecular flexibility index (Phi) is 2.90. The summed E-state index contributed by atoms with van der Waals surface area (Å²) in [5.74, 6) is -3.94. The van der Waals surface area contributed by atoms with Gasteiger partial charge in [0, 0.05) is 7.11 Å². The van der Waals surface area contributed by atoms with Gasteiger partial charge in [0.15, 0.2) is 30.2 Å². The Balaban J connectivity index is 2.99. The minimum Gasteiger partial charge on any atom is -0.375 e. The lowest BCUT2D eigenvalue weighted by molar-refractivity contribution is -0.0550. The highest BCUT2D eigenvalue weighted by atomic mass is 19.2. The molecule has 0 saturated carbocycles. The molecule has 0 fully saturated rings. The van der Waals surface area contributed by atoms with E-state index in [0.717, 1.165) is 7.11 Å². The highest BCUT2D eigenvalue weighted by Crippen LogP contribution is 2.34. The van der Waals surface area contributed by atoms with Crippen LogP contribution in [-0.2, 0) is 4.74 Å². The Labute approximate surface area is 71.2 Å². The summed E-state index contributed by atoms with van der Waals surface area (Å²) in [6.45, 7) is 0. The summed E-state index contributed by atoms with van der Waals surface area (Å²) in [7, 11) is 0.896. The molecule has 0 heterocycles. The van der Waals surface area contributed by atoms with Crippen molar-refractivity contribution in [3.05, 3.63) is 11.7 Å². The summed E-state index contributed by atoms with van der Waals surface area (Å²) in [4.78, 5) is 0. The van der Waals surface area contributed by atoms with E-state index in [0.29, 0.717) is 0 Å². The van der Waals surface area contributed by atoms with Crippen molar-refractivity contribution in [3.8, 4) is 0 Å². The van der Waals surface area contributed by atoms with Gasteiger partial charge in [-0.25, -0.2) is 22.0 Å². The molecular weight excluding hydrogens is 195 g/mol. The molecule has 4 unspecified atom stereocenters. The number of hydrogen-bond acceptors (Lipinski definition) is 1. The first-order chi connectivity index (χ1) is 6.00. The Morgan fingerprint density at radius 3 is 1.92 bits per heavy atom. The van der Waals surface area contributed by atoms with Crippen molar-refractivity contribution < 1.29 is 26.7 Å². The van der Waals surface area contributed by atoms with Crippen LogP contribution in [0, 0.1) is 0 Å². The number of hydrogen-bond donors (Lipinski definition) is 0. The van der Waals surface area contributed by atoms with Gasteiger partial charge >= 0.3 is 0 Å². The van der Waals surface area contributed by atoms with Gasteiger partial charge in [0.25, 0.3) is 0 Å². The second-order valence-corrected chi connectivity index (χ2v) is 2.64. The van der Waals surface area contributed by atoms with Crippen LogP contribution in [0.15, 0.2) is 11.7 Å². The first kappa shape index (κ1) is 10.4. The molecule has 1 aliphatic rings. The third-order valence-corrected chi connectivity index (χ3v) is 1.87. The van der Waals surface area contributed by atoms with Crippen LogP contribution in [0.1, 0.15) is 0 Å². The van der Waals surface area contributed by atoms with Crippen molar-refractivity contribution in [3.63, 3.8) is 0 Å². The first-order valence-electron chi connectivity index (χ1n) is 3.50. The van der Waals surface area contributed by atoms with Crippen molar-refractivity contribution in [2.45, 2.75) is 24.6 Å². The second-order valence-electron chi connectivity index (χ2n) is 2.64. The normalized spacial score (nSPS) is 41.1. The molecule has 0 aliphatic heterocycles. The molecule has 0 radical (unpaired) electrons. The lowest BCUT2D eigenvalue weighted by Crippen LogP contribution is -2.44. The van der Waals surface area contributed by atoms with Gasteiger partial charge in [-0.15, -0.1) is 0 Å². The molecule has 0 saturated heterocycles. The monoisotopic (exact) mass is 202 g/mol. The zero-order valence-corrected chi connectivity index (χ0v) is 6.61. The SMILES string of the molecule is COC1C(F)C(F)=C(F)C(F)C1F. The van der Waals surface area contributed by atoms with E-state index >= 15 is 0 Å². The van der Waals surface area contributed by atoms with Crippen LogP contribution in [0.4, 0.5) is 22.0 Å². The van der Waals surface area contributed by atoms with Gasteiger partial charge in [-0.3, -0.25) is 0 Å². The van der Waals surface area contributed by atoms with E-state index in [1.165, 1.54) is 0 Å². The van der Waals surface area contributed by atoms with Gasteiger partial charge in [-0.2, -0.15) is 0 Å². The average Bonchev–Trinajstić information content (AvgIpc) is 2.13. The minimum absolute atomic E-state index is 0.896. The molecule has 0 aromatic rings. The van der Waals surface area contributed by atoms with E-state index in [9.17, 15) is 22.0 Å². The fraction of sp³-hybridized carbons (Fsp3) is 0.714. The largest absolute Gasteiger partial charge is 0.375 e. The van der Waals surface area contributed by atoms with Crippen LogP contribution in [0.3, 0.4) is 0 Å². The minimum atomic E-state index is -2.78. The third-order valence-electron chi connectivity index (χ3n) is 1.87. The predicted molar refractivity (Wildman–Crippen MR) is 34.7 cm³/mol. The molecule has 0 amide bonds. The quantitative estimate of drug-likeness (QED) is 0.592. The molecule has 0 bridgehead atoms. The zero-order chi connectivity index (χ0) is 10.2. The number of halogens is 5. The van der Waals surface area contributed by atoms with Crippen LogP contribution >= 0.6 is 0 Å². The zero-order valence-electron chi connectivity index (χ0n) is 6.61. The molecule has 0 aromatic carbocycles. The lowest BCUT2D eigenvalue weighted by Gasteiger charge is -2.28. The maximum absolute atomic E-state index is 12.7. The molecule has 1 rings (SSSR count). The van der Waals surface area contributed by atoms with Crippen molar-refractivity contribution >= 4 is 0 Å². The molecule has 13 heavy (non-hydrogen) atoms. The smallest absolute Gasteiger partial charge is 0.188 e. The average molecular weight is 202 g/mol. The Morgan fingerprint density at radius 2 is 1.46 bits per heavy atom. The summed E-state index contributed by atoms with van der Waals surface area (Å²) in [5.41, 5.74) is 0. The van der Waals surface area contributed by atoms with E-state index in [1.54, 1.807) is 0 Å². The molecular formula is C7H7F5O. The van der Waals surface area contributed by atoms with E-state index in [4.69, 9.17) is 0 Å². The molecule has 6 heteroatoms. The van der Waals surface area contributed by atoms with Gasteiger partial charge in [-0.1, -0.05) is 0 Å². The standard InChI is InChI=1S/C7H7F5O/c1-13-7-5(11)3(9)2(8)4(10)6(7)12/h3,5-7H,1H3. The van der Waals surface area contributed by atoms with Crippen LogP contribution < -0.4 is 0 Å². The summed E-state index contributed by atoms with van der Waals surface area (Å²) in [6, 6.07) is 0. The maximum Gasteiger partial charge on any atom is 0.188 e. The molecule has 4 atom stereocenters. The second kappa shape index (κ2) is 3.61. The third kappa shape index (κ3) is 1.54. The Hall–Kier alpha value is -0.650.